The highest BCUT2D eigenvalue weighted by atomic mass is 35.5. The molecule has 33 heavy (non-hydrogen) atoms. The number of hydrogen-bond donors (Lipinski definition) is 2. The maximum absolute atomic E-state index is 12.9. The summed E-state index contributed by atoms with van der Waals surface area (Å²) in [6.45, 7) is 6.03. The van der Waals surface area contributed by atoms with E-state index >= 15 is 0 Å². The molecule has 0 atom stereocenters. The Morgan fingerprint density at radius 1 is 1.00 bits per heavy atom. The van der Waals surface area contributed by atoms with Gasteiger partial charge in [0.05, 0.1) is 29.5 Å². The van der Waals surface area contributed by atoms with E-state index in [-0.39, 0.29) is 11.8 Å². The van der Waals surface area contributed by atoms with Crippen molar-refractivity contribution in [3.05, 3.63) is 88.1 Å². The summed E-state index contributed by atoms with van der Waals surface area (Å²) < 4.78 is 5.38. The maximum atomic E-state index is 12.9. The summed E-state index contributed by atoms with van der Waals surface area (Å²) >= 11 is 5.86. The molecule has 2 amide bonds. The van der Waals surface area contributed by atoms with Gasteiger partial charge in [-0.05, 0) is 48.9 Å². The van der Waals surface area contributed by atoms with Gasteiger partial charge in [0.25, 0.3) is 11.8 Å². The highest BCUT2D eigenvalue weighted by molar-refractivity contribution is 6.30. The molecule has 8 heteroatoms. The van der Waals surface area contributed by atoms with E-state index in [1.54, 1.807) is 36.4 Å². The van der Waals surface area contributed by atoms with Gasteiger partial charge in [-0.25, -0.2) is 4.98 Å². The summed E-state index contributed by atoms with van der Waals surface area (Å²) in [5, 5.41) is 6.08. The SMILES string of the molecule is Cc1ccc(NC(=O)c2ccc(CN3CCOCC3)cc2)c(C(=O)Nc2ccc(Cl)cn2)c1. The number of hydrogen-bond acceptors (Lipinski definition) is 5. The highest BCUT2D eigenvalue weighted by Crippen LogP contribution is 2.21. The first-order valence-electron chi connectivity index (χ1n) is 10.7. The molecule has 3 aromatic rings. The molecule has 0 bridgehead atoms. The number of halogens is 1. The molecule has 2 aromatic carbocycles. The van der Waals surface area contributed by atoms with Crippen molar-refractivity contribution in [2.24, 2.45) is 0 Å². The third-order valence-electron chi connectivity index (χ3n) is 5.36. The van der Waals surface area contributed by atoms with Crippen LogP contribution in [0.3, 0.4) is 0 Å². The highest BCUT2D eigenvalue weighted by Gasteiger charge is 2.16. The number of carbonyl (C=O) groups excluding carboxylic acids is 2. The van der Waals surface area contributed by atoms with Gasteiger partial charge in [-0.2, -0.15) is 0 Å². The summed E-state index contributed by atoms with van der Waals surface area (Å²) in [4.78, 5) is 32.2. The molecule has 1 aromatic heterocycles. The van der Waals surface area contributed by atoms with Crippen LogP contribution < -0.4 is 10.6 Å². The summed E-state index contributed by atoms with van der Waals surface area (Å²) in [5.74, 6) is -0.279. The quantitative estimate of drug-likeness (QED) is 0.565. The smallest absolute Gasteiger partial charge is 0.258 e. The predicted octanol–water partition coefficient (Wildman–Crippen LogP) is 4.38. The zero-order valence-electron chi connectivity index (χ0n) is 18.3. The Balaban J connectivity index is 1.45. The second-order valence-electron chi connectivity index (χ2n) is 7.90. The Hall–Kier alpha value is -3.26. The number of rotatable bonds is 6. The number of benzene rings is 2. The van der Waals surface area contributed by atoms with Crippen LogP contribution in [0.5, 0.6) is 0 Å². The molecule has 1 aliphatic rings. The van der Waals surface area contributed by atoms with Gasteiger partial charge in [-0.3, -0.25) is 14.5 Å². The number of aryl methyl sites for hydroxylation is 1. The van der Waals surface area contributed by atoms with Gasteiger partial charge in [0, 0.05) is 31.4 Å². The van der Waals surface area contributed by atoms with Crippen LogP contribution in [0.15, 0.2) is 60.8 Å². The summed E-state index contributed by atoms with van der Waals surface area (Å²) in [6.07, 6.45) is 1.46. The molecule has 0 spiro atoms. The van der Waals surface area contributed by atoms with Crippen molar-refractivity contribution in [2.45, 2.75) is 13.5 Å². The molecule has 1 fully saturated rings. The van der Waals surface area contributed by atoms with Gasteiger partial charge in [0.2, 0.25) is 0 Å². The van der Waals surface area contributed by atoms with E-state index in [9.17, 15) is 9.59 Å². The largest absolute Gasteiger partial charge is 0.379 e. The summed E-state index contributed by atoms with van der Waals surface area (Å²) in [6, 6.07) is 16.1. The van der Waals surface area contributed by atoms with E-state index in [0.717, 1.165) is 44.0 Å². The molecule has 1 aliphatic heterocycles. The lowest BCUT2D eigenvalue weighted by Gasteiger charge is -2.26. The standard InChI is InChI=1S/C25H25ClN4O3/c1-17-2-8-22(21(14-17)25(32)29-23-9-7-20(26)15-27-23)28-24(31)19-5-3-18(4-6-19)16-30-10-12-33-13-11-30/h2-9,14-15H,10-13,16H2,1H3,(H,28,31)(H,27,29,32). The molecule has 2 heterocycles. The monoisotopic (exact) mass is 464 g/mol. The maximum Gasteiger partial charge on any atom is 0.258 e. The molecule has 0 saturated carbocycles. The van der Waals surface area contributed by atoms with Gasteiger partial charge < -0.3 is 15.4 Å². The van der Waals surface area contributed by atoms with E-state index in [1.807, 2.05) is 25.1 Å². The Labute approximate surface area is 197 Å². The Kier molecular flexibility index (Phi) is 7.34. The second kappa shape index (κ2) is 10.6. The minimum atomic E-state index is -0.371. The first-order valence-corrected chi connectivity index (χ1v) is 11.1. The molecule has 0 unspecified atom stereocenters. The van der Waals surface area contributed by atoms with Gasteiger partial charge in [-0.15, -0.1) is 0 Å². The fourth-order valence-corrected chi connectivity index (χ4v) is 3.67. The van der Waals surface area contributed by atoms with Crippen LogP contribution >= 0.6 is 11.6 Å². The van der Waals surface area contributed by atoms with Gasteiger partial charge in [0.15, 0.2) is 0 Å². The lowest BCUT2D eigenvalue weighted by atomic mass is 10.1. The Bertz CT molecular complexity index is 1130. The van der Waals surface area contributed by atoms with Crippen LogP contribution in [0.2, 0.25) is 5.02 Å². The molecule has 0 aliphatic carbocycles. The number of ether oxygens (including phenoxy) is 1. The van der Waals surface area contributed by atoms with E-state index in [2.05, 4.69) is 20.5 Å². The molecule has 1 saturated heterocycles. The van der Waals surface area contributed by atoms with Crippen molar-refractivity contribution in [2.75, 3.05) is 36.9 Å². The van der Waals surface area contributed by atoms with Crippen LogP contribution in [0, 0.1) is 6.92 Å². The fourth-order valence-electron chi connectivity index (χ4n) is 3.56. The first kappa shape index (κ1) is 22.9. The van der Waals surface area contributed by atoms with Crippen LogP contribution in [0.4, 0.5) is 11.5 Å². The number of aromatic nitrogens is 1. The number of nitrogens with one attached hydrogen (secondary N) is 2. The second-order valence-corrected chi connectivity index (χ2v) is 8.34. The van der Waals surface area contributed by atoms with Crippen molar-refractivity contribution in [1.29, 1.82) is 0 Å². The van der Waals surface area contributed by atoms with Crippen LogP contribution in [-0.4, -0.2) is 48.0 Å². The Morgan fingerprint density at radius 3 is 2.45 bits per heavy atom. The van der Waals surface area contributed by atoms with Gasteiger partial charge in [-0.1, -0.05) is 35.4 Å². The fraction of sp³-hybridized carbons (Fsp3) is 0.240. The molecular weight excluding hydrogens is 440 g/mol. The van der Waals surface area contributed by atoms with Crippen molar-refractivity contribution in [3.63, 3.8) is 0 Å². The third-order valence-corrected chi connectivity index (χ3v) is 5.59. The molecule has 2 N–H and O–H groups in total. The number of pyridine rings is 1. The van der Waals surface area contributed by atoms with E-state index < -0.39 is 0 Å². The minimum absolute atomic E-state index is 0.282. The van der Waals surface area contributed by atoms with Crippen molar-refractivity contribution >= 4 is 34.9 Å². The number of nitrogens with zero attached hydrogens (tertiary/aromatic N) is 2. The normalized spacial score (nSPS) is 14.0. The molecular formula is C25H25ClN4O3. The minimum Gasteiger partial charge on any atom is -0.379 e. The average molecular weight is 465 g/mol. The topological polar surface area (TPSA) is 83.6 Å². The molecule has 4 rings (SSSR count). The van der Waals surface area contributed by atoms with Crippen LogP contribution in [0.1, 0.15) is 31.8 Å². The first-order chi connectivity index (χ1) is 16.0. The average Bonchev–Trinajstić information content (AvgIpc) is 2.83. The van der Waals surface area contributed by atoms with Crippen LogP contribution in [-0.2, 0) is 11.3 Å². The zero-order valence-corrected chi connectivity index (χ0v) is 19.1. The number of amides is 2. The number of anilines is 2. The van der Waals surface area contributed by atoms with Gasteiger partial charge >= 0.3 is 0 Å². The van der Waals surface area contributed by atoms with E-state index in [1.165, 1.54) is 6.20 Å². The Morgan fingerprint density at radius 2 is 1.76 bits per heavy atom. The third kappa shape index (κ3) is 6.16. The molecule has 0 radical (unpaired) electrons. The van der Waals surface area contributed by atoms with E-state index in [0.29, 0.717) is 27.7 Å². The van der Waals surface area contributed by atoms with E-state index in [4.69, 9.17) is 16.3 Å². The van der Waals surface area contributed by atoms with Crippen molar-refractivity contribution < 1.29 is 14.3 Å². The summed E-state index contributed by atoms with van der Waals surface area (Å²) in [7, 11) is 0. The molecule has 7 nitrogen and oxygen atoms in total. The lowest BCUT2D eigenvalue weighted by Crippen LogP contribution is -2.35. The zero-order chi connectivity index (χ0) is 23.2. The van der Waals surface area contributed by atoms with Gasteiger partial charge in [0.1, 0.15) is 5.82 Å². The lowest BCUT2D eigenvalue weighted by molar-refractivity contribution is 0.0342. The number of carbonyl (C=O) groups is 2. The predicted molar refractivity (Wildman–Crippen MR) is 129 cm³/mol. The van der Waals surface area contributed by atoms with Crippen molar-refractivity contribution in [3.8, 4) is 0 Å². The van der Waals surface area contributed by atoms with Crippen LogP contribution in [0.25, 0.3) is 0 Å². The number of morpholine rings is 1. The summed E-state index contributed by atoms with van der Waals surface area (Å²) in [5.41, 5.74) is 3.33. The molecule has 170 valence electrons. The van der Waals surface area contributed by atoms with Crippen molar-refractivity contribution in [1.82, 2.24) is 9.88 Å².